The van der Waals surface area contributed by atoms with E-state index < -0.39 is 5.91 Å². The minimum Gasteiger partial charge on any atom is -0.383 e. The Labute approximate surface area is 214 Å². The van der Waals surface area contributed by atoms with Crippen LogP contribution in [0.1, 0.15) is 93.0 Å². The quantitative estimate of drug-likeness (QED) is 0.459. The molecular formula is C30H38N4O2. The molecule has 0 bridgehead atoms. The summed E-state index contributed by atoms with van der Waals surface area (Å²) in [5.74, 6) is -0.171. The van der Waals surface area contributed by atoms with Crippen LogP contribution in [0.3, 0.4) is 0 Å². The molecule has 1 aromatic heterocycles. The Morgan fingerprint density at radius 1 is 0.917 bits per heavy atom. The lowest BCUT2D eigenvalue weighted by Gasteiger charge is -2.42. The molecule has 6 nitrogen and oxygen atoms in total. The highest BCUT2D eigenvalue weighted by atomic mass is 16.1. The van der Waals surface area contributed by atoms with Gasteiger partial charge in [0.05, 0.1) is 0 Å². The van der Waals surface area contributed by atoms with Gasteiger partial charge in [0.25, 0.3) is 5.91 Å². The summed E-state index contributed by atoms with van der Waals surface area (Å²) >= 11 is 0. The highest BCUT2D eigenvalue weighted by Crippen LogP contribution is 2.46. The Bertz CT molecular complexity index is 1310. The van der Waals surface area contributed by atoms with E-state index in [1.54, 1.807) is 4.68 Å². The number of amides is 1. The lowest BCUT2D eigenvalue weighted by atomic mass is 9.63. The van der Waals surface area contributed by atoms with E-state index in [-0.39, 0.29) is 34.0 Å². The number of nitrogen functional groups attached to an aromatic ring is 1. The molecule has 1 aliphatic rings. The highest BCUT2D eigenvalue weighted by Gasteiger charge is 2.37. The molecule has 0 atom stereocenters. The fourth-order valence-corrected chi connectivity index (χ4v) is 5.33. The van der Waals surface area contributed by atoms with Crippen LogP contribution in [0.2, 0.25) is 0 Å². The van der Waals surface area contributed by atoms with Crippen molar-refractivity contribution in [1.29, 1.82) is 0 Å². The topological polar surface area (TPSA) is 104 Å². The van der Waals surface area contributed by atoms with Gasteiger partial charge in [-0.2, -0.15) is 5.10 Å². The van der Waals surface area contributed by atoms with E-state index in [0.717, 1.165) is 23.1 Å². The van der Waals surface area contributed by atoms with Crippen molar-refractivity contribution in [3.8, 4) is 11.3 Å². The zero-order valence-corrected chi connectivity index (χ0v) is 22.3. The molecule has 190 valence electrons. The van der Waals surface area contributed by atoms with Gasteiger partial charge in [-0.15, -0.1) is 0 Å². The molecule has 36 heavy (non-hydrogen) atoms. The van der Waals surface area contributed by atoms with Crippen molar-refractivity contribution in [2.24, 2.45) is 5.73 Å². The smallest absolute Gasteiger partial charge is 0.254 e. The van der Waals surface area contributed by atoms with Crippen LogP contribution in [0.15, 0.2) is 42.5 Å². The third-order valence-corrected chi connectivity index (χ3v) is 7.63. The summed E-state index contributed by atoms with van der Waals surface area (Å²) in [6.07, 6.45) is 3.08. The molecule has 0 fully saturated rings. The van der Waals surface area contributed by atoms with E-state index in [9.17, 15) is 9.59 Å². The van der Waals surface area contributed by atoms with Gasteiger partial charge in [-0.1, -0.05) is 70.2 Å². The molecule has 1 aliphatic carbocycles. The number of hydrogen-bond donors (Lipinski definition) is 2. The highest BCUT2D eigenvalue weighted by molar-refractivity contribution is 6.03. The minimum absolute atomic E-state index is 0.00557. The molecule has 3 aromatic rings. The van der Waals surface area contributed by atoms with Crippen molar-refractivity contribution < 1.29 is 9.59 Å². The molecule has 4 N–H and O–H groups in total. The third-order valence-electron chi connectivity index (χ3n) is 7.63. The first kappa shape index (κ1) is 25.7. The summed E-state index contributed by atoms with van der Waals surface area (Å²) in [5.41, 5.74) is 18.2. The second kappa shape index (κ2) is 9.23. The lowest BCUT2D eigenvalue weighted by molar-refractivity contribution is -0.117. The third kappa shape index (κ3) is 4.81. The number of aromatic nitrogens is 2. The van der Waals surface area contributed by atoms with Crippen LogP contribution in [0.25, 0.3) is 11.3 Å². The van der Waals surface area contributed by atoms with Crippen LogP contribution < -0.4 is 11.5 Å². The van der Waals surface area contributed by atoms with E-state index in [1.165, 1.54) is 17.5 Å². The Kier molecular flexibility index (Phi) is 6.58. The van der Waals surface area contributed by atoms with Crippen molar-refractivity contribution in [2.45, 2.75) is 84.1 Å². The molecule has 6 heteroatoms. The average Bonchev–Trinajstić information content (AvgIpc) is 3.15. The largest absolute Gasteiger partial charge is 0.383 e. The van der Waals surface area contributed by atoms with Crippen LogP contribution in [0, 0.1) is 0 Å². The summed E-state index contributed by atoms with van der Waals surface area (Å²) in [6, 6.07) is 14.1. The average molecular weight is 487 g/mol. The molecular weight excluding hydrogens is 448 g/mol. The fraction of sp³-hybridized carbons (Fsp3) is 0.433. The summed E-state index contributed by atoms with van der Waals surface area (Å²) < 4.78 is 1.61. The first-order chi connectivity index (χ1) is 16.8. The first-order valence-corrected chi connectivity index (χ1v) is 12.7. The molecule has 1 amide bonds. The predicted octanol–water partition coefficient (Wildman–Crippen LogP) is 5.52. The van der Waals surface area contributed by atoms with Crippen molar-refractivity contribution in [3.63, 3.8) is 0 Å². The van der Waals surface area contributed by atoms with E-state index in [0.29, 0.717) is 18.5 Å². The summed E-state index contributed by atoms with van der Waals surface area (Å²) in [6.45, 7) is 13.1. The molecule has 0 saturated heterocycles. The van der Waals surface area contributed by atoms with Crippen LogP contribution in [-0.2, 0) is 28.5 Å². The Morgan fingerprint density at radius 3 is 2.06 bits per heavy atom. The van der Waals surface area contributed by atoms with E-state index in [1.807, 2.05) is 38.1 Å². The zero-order chi connectivity index (χ0) is 26.4. The van der Waals surface area contributed by atoms with Crippen LogP contribution in [0.5, 0.6) is 0 Å². The van der Waals surface area contributed by atoms with Crippen molar-refractivity contribution >= 4 is 17.5 Å². The number of nitrogens with zero attached hydrogens (tertiary/aromatic N) is 2. The predicted molar refractivity (Wildman–Crippen MR) is 145 cm³/mol. The van der Waals surface area contributed by atoms with Crippen LogP contribution in [0.4, 0.5) is 5.82 Å². The van der Waals surface area contributed by atoms with Gasteiger partial charge in [0.15, 0.2) is 0 Å². The van der Waals surface area contributed by atoms with Crippen LogP contribution in [-0.4, -0.2) is 21.5 Å². The number of primary amides is 1. The lowest BCUT2D eigenvalue weighted by Crippen LogP contribution is -2.34. The Hall–Kier alpha value is -3.41. The molecule has 0 spiro atoms. The van der Waals surface area contributed by atoms with Gasteiger partial charge >= 0.3 is 0 Å². The van der Waals surface area contributed by atoms with Crippen LogP contribution >= 0.6 is 0 Å². The molecule has 0 aliphatic heterocycles. The molecule has 1 heterocycles. The minimum atomic E-state index is -0.606. The number of benzene rings is 2. The Balaban J connectivity index is 1.51. The monoisotopic (exact) mass is 486 g/mol. The van der Waals surface area contributed by atoms with Gasteiger partial charge in [-0.25, -0.2) is 4.68 Å². The SMILES string of the molecule is CC(C)n1nc(-c2ccc(CC(=O)Cc3ccc4c(c3)C(C)(C)CCC4(C)C)cc2)c(C(N)=O)c1N. The van der Waals surface area contributed by atoms with Crippen molar-refractivity contribution in [3.05, 3.63) is 70.3 Å². The number of Topliss-reactive ketones (excluding diaryl/α,β-unsaturated/α-hetero) is 1. The molecule has 0 unspecified atom stereocenters. The normalized spacial score (nSPS) is 16.1. The van der Waals surface area contributed by atoms with Gasteiger partial charge in [-0.05, 0) is 59.8 Å². The maximum Gasteiger partial charge on any atom is 0.254 e. The molecule has 4 rings (SSSR count). The van der Waals surface area contributed by atoms with Crippen molar-refractivity contribution in [2.75, 3.05) is 5.73 Å². The number of rotatable bonds is 7. The Morgan fingerprint density at radius 2 is 1.47 bits per heavy atom. The standard InChI is InChI=1S/C30H38N4O2/c1-18(2)34-27(31)25(28(32)36)26(33-34)21-10-7-19(8-11-21)15-22(35)16-20-9-12-23-24(17-20)30(5,6)14-13-29(23,3)4/h7-12,17-18H,13-16,31H2,1-6H3,(H2,32,36). The fourth-order valence-electron chi connectivity index (χ4n) is 5.33. The number of carbonyl (C=O) groups is 2. The number of fused-ring (bicyclic) bond motifs is 1. The van der Waals surface area contributed by atoms with E-state index in [2.05, 4.69) is 51.0 Å². The number of hydrogen-bond acceptors (Lipinski definition) is 4. The van der Waals surface area contributed by atoms with Gasteiger partial charge in [-0.3, -0.25) is 9.59 Å². The van der Waals surface area contributed by atoms with Gasteiger partial charge in [0, 0.05) is 24.4 Å². The van der Waals surface area contributed by atoms with E-state index in [4.69, 9.17) is 11.5 Å². The number of ketones is 1. The number of nitrogens with two attached hydrogens (primary N) is 2. The maximum atomic E-state index is 13.0. The number of carbonyl (C=O) groups excluding carboxylic acids is 2. The second-order valence-corrected chi connectivity index (χ2v) is 11.7. The summed E-state index contributed by atoms with van der Waals surface area (Å²) in [4.78, 5) is 25.0. The van der Waals surface area contributed by atoms with E-state index >= 15 is 0 Å². The summed E-state index contributed by atoms with van der Waals surface area (Å²) in [5, 5.41) is 4.53. The van der Waals surface area contributed by atoms with Gasteiger partial charge < -0.3 is 11.5 Å². The number of anilines is 1. The zero-order valence-electron chi connectivity index (χ0n) is 22.3. The first-order valence-electron chi connectivity index (χ1n) is 12.7. The second-order valence-electron chi connectivity index (χ2n) is 11.7. The molecule has 2 aromatic carbocycles. The van der Waals surface area contributed by atoms with Crippen molar-refractivity contribution in [1.82, 2.24) is 9.78 Å². The molecule has 0 saturated carbocycles. The van der Waals surface area contributed by atoms with Gasteiger partial charge in [0.2, 0.25) is 0 Å². The van der Waals surface area contributed by atoms with Gasteiger partial charge in [0.1, 0.15) is 22.9 Å². The summed E-state index contributed by atoms with van der Waals surface area (Å²) in [7, 11) is 0. The maximum absolute atomic E-state index is 13.0. The molecule has 0 radical (unpaired) electrons.